The molecule has 1 aliphatic heterocycles. The van der Waals surface area contributed by atoms with Crippen LogP contribution in [0.15, 0.2) is 24.3 Å². The van der Waals surface area contributed by atoms with Gasteiger partial charge in [0.2, 0.25) is 0 Å². The van der Waals surface area contributed by atoms with Gasteiger partial charge in [0.25, 0.3) is 5.91 Å². The monoisotopic (exact) mass is 217 g/mol. The third-order valence-corrected chi connectivity index (χ3v) is 2.43. The summed E-state index contributed by atoms with van der Waals surface area (Å²) < 4.78 is 4.48. The van der Waals surface area contributed by atoms with Crippen molar-refractivity contribution in [1.82, 2.24) is 5.32 Å². The first kappa shape index (κ1) is 10.4. The number of carbonyl (C=O) groups excluding carboxylic acids is 2. The molecular weight excluding hydrogens is 206 g/mol. The average Bonchev–Trinajstić information content (AvgIpc) is 2.68. The summed E-state index contributed by atoms with van der Waals surface area (Å²) in [6.07, 6.45) is 2.95. The van der Waals surface area contributed by atoms with Crippen LogP contribution in [0.2, 0.25) is 0 Å². The minimum Gasteiger partial charge on any atom is -0.466 e. The summed E-state index contributed by atoms with van der Waals surface area (Å²) in [4.78, 5) is 22.3. The molecule has 1 N–H and O–H groups in total. The Balaban J connectivity index is 2.25. The van der Waals surface area contributed by atoms with Crippen LogP contribution in [0.25, 0.3) is 6.08 Å². The van der Waals surface area contributed by atoms with Crippen LogP contribution in [0.3, 0.4) is 0 Å². The third kappa shape index (κ3) is 1.95. The van der Waals surface area contributed by atoms with Gasteiger partial charge in [0, 0.05) is 18.2 Å². The number of nitrogens with one attached hydrogen (secondary N) is 1. The van der Waals surface area contributed by atoms with Gasteiger partial charge in [0.15, 0.2) is 0 Å². The van der Waals surface area contributed by atoms with Crippen molar-refractivity contribution in [3.63, 3.8) is 0 Å². The Bertz CT molecular complexity index is 477. The molecule has 0 aromatic heterocycles. The molecule has 4 nitrogen and oxygen atoms in total. The molecule has 0 bridgehead atoms. The van der Waals surface area contributed by atoms with Crippen LogP contribution in [0.4, 0.5) is 0 Å². The third-order valence-electron chi connectivity index (χ3n) is 2.43. The van der Waals surface area contributed by atoms with E-state index in [4.69, 9.17) is 0 Å². The second-order valence-corrected chi connectivity index (χ2v) is 3.46. The molecule has 0 unspecified atom stereocenters. The van der Waals surface area contributed by atoms with Crippen LogP contribution >= 0.6 is 0 Å². The summed E-state index contributed by atoms with van der Waals surface area (Å²) in [5.41, 5.74) is 2.47. The van der Waals surface area contributed by atoms with E-state index in [-0.39, 0.29) is 5.91 Å². The molecule has 2 rings (SSSR count). The Morgan fingerprint density at radius 2 is 2.31 bits per heavy atom. The molecule has 0 spiro atoms. The van der Waals surface area contributed by atoms with Gasteiger partial charge >= 0.3 is 5.97 Å². The Labute approximate surface area is 92.9 Å². The van der Waals surface area contributed by atoms with E-state index >= 15 is 0 Å². The topological polar surface area (TPSA) is 55.4 Å². The molecule has 1 aromatic carbocycles. The zero-order valence-electron chi connectivity index (χ0n) is 8.82. The molecule has 1 amide bonds. The van der Waals surface area contributed by atoms with Crippen molar-refractivity contribution in [2.24, 2.45) is 0 Å². The van der Waals surface area contributed by atoms with Crippen LogP contribution in [0.5, 0.6) is 0 Å². The summed E-state index contributed by atoms with van der Waals surface area (Å²) in [7, 11) is 1.32. The quantitative estimate of drug-likeness (QED) is 0.596. The summed E-state index contributed by atoms with van der Waals surface area (Å²) >= 11 is 0. The SMILES string of the molecule is COC(=O)C=Cc1ccc2c(c1)C(=O)NC2. The Morgan fingerprint density at radius 1 is 1.50 bits per heavy atom. The van der Waals surface area contributed by atoms with Crippen molar-refractivity contribution >= 4 is 18.0 Å². The van der Waals surface area contributed by atoms with Gasteiger partial charge in [-0.05, 0) is 23.3 Å². The Kier molecular flexibility index (Phi) is 2.72. The lowest BCUT2D eigenvalue weighted by molar-refractivity contribution is -0.134. The maximum Gasteiger partial charge on any atom is 0.330 e. The first-order chi connectivity index (χ1) is 7.70. The van der Waals surface area contributed by atoms with Gasteiger partial charge < -0.3 is 10.1 Å². The molecule has 4 heteroatoms. The van der Waals surface area contributed by atoms with Crippen LogP contribution in [0.1, 0.15) is 21.5 Å². The molecule has 0 saturated carbocycles. The molecular formula is C12H11NO3. The smallest absolute Gasteiger partial charge is 0.330 e. The molecule has 1 heterocycles. The number of methoxy groups -OCH3 is 1. The fourth-order valence-corrected chi connectivity index (χ4v) is 1.57. The number of ether oxygens (including phenoxy) is 1. The van der Waals surface area contributed by atoms with Crippen molar-refractivity contribution in [1.29, 1.82) is 0 Å². The van der Waals surface area contributed by atoms with Crippen LogP contribution in [-0.4, -0.2) is 19.0 Å². The maximum absolute atomic E-state index is 11.4. The first-order valence-corrected chi connectivity index (χ1v) is 4.88. The van der Waals surface area contributed by atoms with Gasteiger partial charge in [0.05, 0.1) is 7.11 Å². The average molecular weight is 217 g/mol. The Morgan fingerprint density at radius 3 is 3.06 bits per heavy atom. The van der Waals surface area contributed by atoms with Gasteiger partial charge in [-0.25, -0.2) is 4.79 Å². The molecule has 1 aliphatic rings. The molecule has 0 aliphatic carbocycles. The molecule has 82 valence electrons. The second kappa shape index (κ2) is 4.18. The molecule has 0 fully saturated rings. The molecule has 1 aromatic rings. The minimum atomic E-state index is -0.412. The van der Waals surface area contributed by atoms with Crippen molar-refractivity contribution < 1.29 is 14.3 Å². The van der Waals surface area contributed by atoms with E-state index in [0.717, 1.165) is 11.1 Å². The van der Waals surface area contributed by atoms with Gasteiger partial charge in [0.1, 0.15) is 0 Å². The lowest BCUT2D eigenvalue weighted by Gasteiger charge is -1.97. The highest BCUT2D eigenvalue weighted by Crippen LogP contribution is 2.17. The number of hydrogen-bond acceptors (Lipinski definition) is 3. The number of benzene rings is 1. The maximum atomic E-state index is 11.4. The Hall–Kier alpha value is -2.10. The van der Waals surface area contributed by atoms with E-state index in [1.807, 2.05) is 12.1 Å². The number of amides is 1. The predicted octanol–water partition coefficient (Wildman–Crippen LogP) is 1.12. The minimum absolute atomic E-state index is 0.0664. The molecule has 16 heavy (non-hydrogen) atoms. The van der Waals surface area contributed by atoms with Gasteiger partial charge in [-0.3, -0.25) is 4.79 Å². The highest BCUT2D eigenvalue weighted by atomic mass is 16.5. The molecule has 0 atom stereocenters. The first-order valence-electron chi connectivity index (χ1n) is 4.88. The van der Waals surface area contributed by atoms with Crippen molar-refractivity contribution in [3.8, 4) is 0 Å². The zero-order valence-corrected chi connectivity index (χ0v) is 8.82. The highest BCUT2D eigenvalue weighted by Gasteiger charge is 2.17. The van der Waals surface area contributed by atoms with Crippen LogP contribution in [-0.2, 0) is 16.1 Å². The lowest BCUT2D eigenvalue weighted by Crippen LogP contribution is -2.12. The van der Waals surface area contributed by atoms with E-state index in [1.54, 1.807) is 12.1 Å². The normalized spacial score (nSPS) is 13.7. The summed E-state index contributed by atoms with van der Waals surface area (Å²) in [6.45, 7) is 0.579. The largest absolute Gasteiger partial charge is 0.466 e. The lowest BCUT2D eigenvalue weighted by atomic mass is 10.1. The van der Waals surface area contributed by atoms with Crippen LogP contribution in [0, 0.1) is 0 Å². The number of rotatable bonds is 2. The van der Waals surface area contributed by atoms with E-state index in [1.165, 1.54) is 13.2 Å². The molecule has 0 radical (unpaired) electrons. The van der Waals surface area contributed by atoms with Gasteiger partial charge in [-0.15, -0.1) is 0 Å². The zero-order chi connectivity index (χ0) is 11.5. The van der Waals surface area contributed by atoms with Crippen molar-refractivity contribution in [2.45, 2.75) is 6.54 Å². The highest BCUT2D eigenvalue weighted by molar-refractivity contribution is 5.99. The molecule has 0 saturated heterocycles. The fourth-order valence-electron chi connectivity index (χ4n) is 1.57. The predicted molar refractivity (Wildman–Crippen MR) is 58.7 cm³/mol. The number of esters is 1. The van der Waals surface area contributed by atoms with Crippen molar-refractivity contribution in [2.75, 3.05) is 7.11 Å². The van der Waals surface area contributed by atoms with E-state index in [9.17, 15) is 9.59 Å². The number of hydrogen-bond donors (Lipinski definition) is 1. The summed E-state index contributed by atoms with van der Waals surface area (Å²) in [5.74, 6) is -0.478. The summed E-state index contributed by atoms with van der Waals surface area (Å²) in [5, 5.41) is 2.73. The van der Waals surface area contributed by atoms with E-state index < -0.39 is 5.97 Å². The second-order valence-electron chi connectivity index (χ2n) is 3.46. The standard InChI is InChI=1S/C12H11NO3/c1-16-11(14)5-3-8-2-4-9-7-13-12(15)10(9)6-8/h2-6H,7H2,1H3,(H,13,15). The van der Waals surface area contributed by atoms with Crippen molar-refractivity contribution in [3.05, 3.63) is 41.0 Å². The van der Waals surface area contributed by atoms with Gasteiger partial charge in [-0.1, -0.05) is 12.1 Å². The van der Waals surface area contributed by atoms with Gasteiger partial charge in [-0.2, -0.15) is 0 Å². The fraction of sp³-hybridized carbons (Fsp3) is 0.167. The van der Waals surface area contributed by atoms with Crippen LogP contribution < -0.4 is 5.32 Å². The number of carbonyl (C=O) groups is 2. The van der Waals surface area contributed by atoms with E-state index in [0.29, 0.717) is 12.1 Å². The van der Waals surface area contributed by atoms with E-state index in [2.05, 4.69) is 10.1 Å². The summed E-state index contributed by atoms with van der Waals surface area (Å²) in [6, 6.07) is 5.50. The number of fused-ring (bicyclic) bond motifs is 1.